The normalized spacial score (nSPS) is 12.2. The zero-order chi connectivity index (χ0) is 13.0. The number of benzene rings is 1. The zero-order valence-electron chi connectivity index (χ0n) is 10.8. The summed E-state index contributed by atoms with van der Waals surface area (Å²) in [6.07, 6.45) is 1.66. The molecule has 1 heterocycles. The van der Waals surface area contributed by atoms with Gasteiger partial charge < -0.3 is 19.2 Å². The molecule has 1 N–H and O–H groups in total. The van der Waals surface area contributed by atoms with Crippen molar-refractivity contribution in [3.8, 4) is 11.5 Å². The molecule has 18 heavy (non-hydrogen) atoms. The van der Waals surface area contributed by atoms with Crippen LogP contribution < -0.4 is 14.8 Å². The SMILES string of the molecule is CNC(c1ccco1)c1cccc(OC)c1OC. The number of methoxy groups -OCH3 is 2. The third-order valence-corrected chi connectivity index (χ3v) is 2.86. The first kappa shape index (κ1) is 12.5. The van der Waals surface area contributed by atoms with E-state index in [0.29, 0.717) is 5.75 Å². The molecule has 0 bridgehead atoms. The van der Waals surface area contributed by atoms with Crippen LogP contribution in [-0.4, -0.2) is 21.3 Å². The average molecular weight is 247 g/mol. The number of hydrogen-bond donors (Lipinski definition) is 1. The first-order valence-electron chi connectivity index (χ1n) is 5.73. The highest BCUT2D eigenvalue weighted by molar-refractivity contribution is 5.49. The van der Waals surface area contributed by atoms with Crippen LogP contribution in [0.4, 0.5) is 0 Å². The van der Waals surface area contributed by atoms with Crippen molar-refractivity contribution in [2.75, 3.05) is 21.3 Å². The van der Waals surface area contributed by atoms with Gasteiger partial charge in [-0.1, -0.05) is 12.1 Å². The van der Waals surface area contributed by atoms with E-state index in [1.807, 2.05) is 37.4 Å². The van der Waals surface area contributed by atoms with E-state index in [-0.39, 0.29) is 6.04 Å². The summed E-state index contributed by atoms with van der Waals surface area (Å²) >= 11 is 0. The lowest BCUT2D eigenvalue weighted by Crippen LogP contribution is -2.18. The molecule has 0 fully saturated rings. The lowest BCUT2D eigenvalue weighted by atomic mass is 10.0. The molecular formula is C14H17NO3. The van der Waals surface area contributed by atoms with E-state index in [2.05, 4.69) is 5.32 Å². The maximum Gasteiger partial charge on any atom is 0.165 e. The third kappa shape index (κ3) is 2.19. The minimum Gasteiger partial charge on any atom is -0.493 e. The van der Waals surface area contributed by atoms with Crippen LogP contribution in [-0.2, 0) is 0 Å². The van der Waals surface area contributed by atoms with Gasteiger partial charge in [0, 0.05) is 5.56 Å². The smallest absolute Gasteiger partial charge is 0.165 e. The van der Waals surface area contributed by atoms with Crippen LogP contribution in [0.1, 0.15) is 17.4 Å². The van der Waals surface area contributed by atoms with Gasteiger partial charge in [-0.25, -0.2) is 0 Å². The predicted octanol–water partition coefficient (Wildman–Crippen LogP) is 2.61. The van der Waals surface area contributed by atoms with E-state index < -0.39 is 0 Å². The number of furan rings is 1. The Morgan fingerprint density at radius 3 is 2.50 bits per heavy atom. The van der Waals surface area contributed by atoms with Gasteiger partial charge in [0.05, 0.1) is 26.5 Å². The maximum absolute atomic E-state index is 5.46. The van der Waals surface area contributed by atoms with Crippen molar-refractivity contribution >= 4 is 0 Å². The van der Waals surface area contributed by atoms with E-state index >= 15 is 0 Å². The standard InChI is InChI=1S/C14H17NO3/c1-15-13(11-8-5-9-18-11)10-6-4-7-12(16-2)14(10)17-3/h4-9,13,15H,1-3H3. The highest BCUT2D eigenvalue weighted by Gasteiger charge is 2.21. The molecule has 96 valence electrons. The highest BCUT2D eigenvalue weighted by atomic mass is 16.5. The minimum absolute atomic E-state index is 0.0648. The van der Waals surface area contributed by atoms with Gasteiger partial charge in [-0.3, -0.25) is 0 Å². The number of ether oxygens (including phenoxy) is 2. The van der Waals surface area contributed by atoms with E-state index in [9.17, 15) is 0 Å². The Balaban J connectivity index is 2.48. The van der Waals surface area contributed by atoms with Crippen molar-refractivity contribution < 1.29 is 13.9 Å². The van der Waals surface area contributed by atoms with E-state index in [0.717, 1.165) is 17.1 Å². The van der Waals surface area contributed by atoms with Gasteiger partial charge in [-0.05, 0) is 25.2 Å². The second-order valence-electron chi connectivity index (χ2n) is 3.82. The molecule has 0 amide bonds. The molecule has 2 rings (SSSR count). The van der Waals surface area contributed by atoms with E-state index in [1.165, 1.54) is 0 Å². The van der Waals surface area contributed by atoms with Gasteiger partial charge in [0.1, 0.15) is 5.76 Å². The number of nitrogens with one attached hydrogen (secondary N) is 1. The van der Waals surface area contributed by atoms with Crippen LogP contribution in [0, 0.1) is 0 Å². The van der Waals surface area contributed by atoms with Crippen molar-refractivity contribution in [2.24, 2.45) is 0 Å². The molecule has 0 saturated heterocycles. The monoisotopic (exact) mass is 247 g/mol. The van der Waals surface area contributed by atoms with Crippen LogP contribution in [0.3, 0.4) is 0 Å². The van der Waals surface area contributed by atoms with Gasteiger partial charge >= 0.3 is 0 Å². The lowest BCUT2D eigenvalue weighted by Gasteiger charge is -2.19. The fourth-order valence-electron chi connectivity index (χ4n) is 2.05. The molecule has 0 saturated carbocycles. The molecule has 1 atom stereocenters. The maximum atomic E-state index is 5.46. The van der Waals surface area contributed by atoms with Crippen LogP contribution >= 0.6 is 0 Å². The van der Waals surface area contributed by atoms with E-state index in [4.69, 9.17) is 13.9 Å². The molecule has 4 nitrogen and oxygen atoms in total. The van der Waals surface area contributed by atoms with Gasteiger partial charge in [-0.2, -0.15) is 0 Å². The first-order valence-corrected chi connectivity index (χ1v) is 5.73. The number of hydrogen-bond acceptors (Lipinski definition) is 4. The molecule has 0 radical (unpaired) electrons. The molecule has 0 aliphatic rings. The van der Waals surface area contributed by atoms with Crippen molar-refractivity contribution in [1.82, 2.24) is 5.32 Å². The largest absolute Gasteiger partial charge is 0.493 e. The number of rotatable bonds is 5. The average Bonchev–Trinajstić information content (AvgIpc) is 2.93. The summed E-state index contributed by atoms with van der Waals surface area (Å²) in [6, 6.07) is 9.53. The molecular weight excluding hydrogens is 230 g/mol. The molecule has 2 aromatic rings. The van der Waals surface area contributed by atoms with Crippen molar-refractivity contribution in [1.29, 1.82) is 0 Å². The van der Waals surface area contributed by atoms with E-state index in [1.54, 1.807) is 20.5 Å². The molecule has 1 aromatic carbocycles. The Kier molecular flexibility index (Phi) is 3.89. The lowest BCUT2D eigenvalue weighted by molar-refractivity contribution is 0.346. The molecule has 0 aliphatic carbocycles. The Bertz CT molecular complexity index is 494. The zero-order valence-corrected chi connectivity index (χ0v) is 10.8. The van der Waals surface area contributed by atoms with Crippen LogP contribution in [0.15, 0.2) is 41.0 Å². The van der Waals surface area contributed by atoms with Crippen LogP contribution in [0.5, 0.6) is 11.5 Å². The summed E-state index contributed by atoms with van der Waals surface area (Å²) in [5.74, 6) is 2.27. The Morgan fingerprint density at radius 2 is 1.94 bits per heavy atom. The molecule has 0 spiro atoms. The van der Waals surface area contributed by atoms with Crippen molar-refractivity contribution in [3.05, 3.63) is 47.9 Å². The summed E-state index contributed by atoms with van der Waals surface area (Å²) in [4.78, 5) is 0. The highest BCUT2D eigenvalue weighted by Crippen LogP contribution is 2.36. The minimum atomic E-state index is -0.0648. The van der Waals surface area contributed by atoms with Crippen LogP contribution in [0.2, 0.25) is 0 Å². The van der Waals surface area contributed by atoms with Gasteiger partial charge in [-0.15, -0.1) is 0 Å². The predicted molar refractivity (Wildman–Crippen MR) is 69.2 cm³/mol. The second-order valence-corrected chi connectivity index (χ2v) is 3.82. The first-order chi connectivity index (χ1) is 8.81. The molecule has 1 aromatic heterocycles. The summed E-state index contributed by atoms with van der Waals surface area (Å²) in [5.41, 5.74) is 0.981. The summed E-state index contributed by atoms with van der Waals surface area (Å²) in [7, 11) is 5.14. The fraction of sp³-hybridized carbons (Fsp3) is 0.286. The fourth-order valence-corrected chi connectivity index (χ4v) is 2.05. The molecule has 4 heteroatoms. The third-order valence-electron chi connectivity index (χ3n) is 2.86. The van der Waals surface area contributed by atoms with Gasteiger partial charge in [0.15, 0.2) is 11.5 Å². The summed E-state index contributed by atoms with van der Waals surface area (Å²) < 4.78 is 16.2. The quantitative estimate of drug-likeness (QED) is 0.882. The van der Waals surface area contributed by atoms with Gasteiger partial charge in [0.2, 0.25) is 0 Å². The topological polar surface area (TPSA) is 43.6 Å². The second kappa shape index (κ2) is 5.60. The van der Waals surface area contributed by atoms with Gasteiger partial charge in [0.25, 0.3) is 0 Å². The van der Waals surface area contributed by atoms with Crippen molar-refractivity contribution in [2.45, 2.75) is 6.04 Å². The summed E-state index contributed by atoms with van der Waals surface area (Å²) in [6.45, 7) is 0. The number of para-hydroxylation sites is 1. The Morgan fingerprint density at radius 1 is 1.11 bits per heavy atom. The summed E-state index contributed by atoms with van der Waals surface area (Å²) in [5, 5.41) is 3.22. The molecule has 1 unspecified atom stereocenters. The van der Waals surface area contributed by atoms with Crippen LogP contribution in [0.25, 0.3) is 0 Å². The Hall–Kier alpha value is -1.94. The van der Waals surface area contributed by atoms with Crippen molar-refractivity contribution in [3.63, 3.8) is 0 Å². The molecule has 0 aliphatic heterocycles. The Labute approximate surface area is 107 Å².